The molecule has 0 radical (unpaired) electrons. The van der Waals surface area contributed by atoms with Crippen molar-refractivity contribution in [3.05, 3.63) is 47.0 Å². The first kappa shape index (κ1) is 21.0. The molecule has 2 heterocycles. The molecule has 1 saturated heterocycles. The van der Waals surface area contributed by atoms with Crippen LogP contribution in [0.15, 0.2) is 30.3 Å². The smallest absolute Gasteiger partial charge is 0.265 e. The number of rotatable bonds is 4. The van der Waals surface area contributed by atoms with Crippen molar-refractivity contribution in [3.63, 3.8) is 0 Å². The van der Waals surface area contributed by atoms with Crippen LogP contribution >= 0.6 is 0 Å². The van der Waals surface area contributed by atoms with E-state index in [0.29, 0.717) is 23.5 Å². The predicted molar refractivity (Wildman–Crippen MR) is 119 cm³/mol. The number of fused-ring (bicyclic) bond motifs is 1. The van der Waals surface area contributed by atoms with E-state index < -0.39 is 6.10 Å². The molecular weight excluding hydrogens is 396 g/mol. The zero-order chi connectivity index (χ0) is 22.1. The zero-order valence-electron chi connectivity index (χ0n) is 18.1. The number of hydrogen-bond acceptors (Lipinski definition) is 6. The minimum atomic E-state index is -0.619. The van der Waals surface area contributed by atoms with Crippen LogP contribution in [0.5, 0.6) is 11.5 Å². The number of benzene rings is 2. The summed E-state index contributed by atoms with van der Waals surface area (Å²) < 4.78 is 5.52. The molecule has 0 aliphatic carbocycles. The minimum absolute atomic E-state index is 0.0461. The third-order valence-corrected chi connectivity index (χ3v) is 5.86. The number of nitrogens with one attached hydrogen (secondary N) is 2. The van der Waals surface area contributed by atoms with E-state index >= 15 is 0 Å². The van der Waals surface area contributed by atoms with Crippen molar-refractivity contribution in [2.75, 3.05) is 43.4 Å². The lowest BCUT2D eigenvalue weighted by molar-refractivity contribution is -0.122. The number of amides is 2. The van der Waals surface area contributed by atoms with Gasteiger partial charge in [-0.2, -0.15) is 0 Å². The Morgan fingerprint density at radius 1 is 1.23 bits per heavy atom. The molecule has 2 aromatic carbocycles. The zero-order valence-corrected chi connectivity index (χ0v) is 18.1. The number of phenols is 1. The van der Waals surface area contributed by atoms with Gasteiger partial charge in [-0.1, -0.05) is 0 Å². The molecule has 2 aliphatic heterocycles. The summed E-state index contributed by atoms with van der Waals surface area (Å²) in [4.78, 5) is 28.4. The van der Waals surface area contributed by atoms with E-state index in [0.717, 1.165) is 43.0 Å². The molecule has 0 saturated carbocycles. The van der Waals surface area contributed by atoms with Gasteiger partial charge >= 0.3 is 0 Å². The summed E-state index contributed by atoms with van der Waals surface area (Å²) in [6.07, 6.45) is -0.619. The average molecular weight is 425 g/mol. The third kappa shape index (κ3) is 4.29. The van der Waals surface area contributed by atoms with E-state index in [-0.39, 0.29) is 17.6 Å². The number of nitrogens with zero attached hydrogens (tertiary/aromatic N) is 2. The van der Waals surface area contributed by atoms with Gasteiger partial charge < -0.3 is 25.4 Å². The summed E-state index contributed by atoms with van der Waals surface area (Å²) in [6.45, 7) is 7.83. The summed E-state index contributed by atoms with van der Waals surface area (Å²) in [7, 11) is 1.63. The van der Waals surface area contributed by atoms with Crippen LogP contribution in [0.3, 0.4) is 0 Å². The summed E-state index contributed by atoms with van der Waals surface area (Å²) in [5.41, 5.74) is 4.34. The Bertz CT molecular complexity index is 1010. The third-order valence-electron chi connectivity index (χ3n) is 5.86. The molecule has 2 aromatic rings. The highest BCUT2D eigenvalue weighted by atomic mass is 16.5. The van der Waals surface area contributed by atoms with Crippen molar-refractivity contribution >= 4 is 23.2 Å². The van der Waals surface area contributed by atoms with Gasteiger partial charge in [0.05, 0.1) is 5.69 Å². The number of piperazine rings is 1. The lowest BCUT2D eigenvalue weighted by atomic mass is 10.1. The van der Waals surface area contributed by atoms with Gasteiger partial charge in [0.2, 0.25) is 0 Å². The Morgan fingerprint density at radius 3 is 2.65 bits per heavy atom. The fraction of sp³-hybridized carbons (Fsp3) is 0.391. The van der Waals surface area contributed by atoms with E-state index in [1.807, 2.05) is 31.2 Å². The Labute approximate surface area is 181 Å². The molecule has 164 valence electrons. The fourth-order valence-electron chi connectivity index (χ4n) is 4.15. The highest BCUT2D eigenvalue weighted by Gasteiger charge is 2.27. The largest absolute Gasteiger partial charge is 0.504 e. The van der Waals surface area contributed by atoms with Crippen molar-refractivity contribution in [1.29, 1.82) is 0 Å². The van der Waals surface area contributed by atoms with E-state index in [9.17, 15) is 14.7 Å². The maximum atomic E-state index is 11.9. The number of hydrogen-bond donors (Lipinski definition) is 3. The summed E-state index contributed by atoms with van der Waals surface area (Å²) in [5, 5.41) is 15.8. The van der Waals surface area contributed by atoms with Crippen LogP contribution in [0.1, 0.15) is 28.4 Å². The van der Waals surface area contributed by atoms with Crippen molar-refractivity contribution < 1.29 is 19.4 Å². The summed E-state index contributed by atoms with van der Waals surface area (Å²) >= 11 is 0. The number of phenolic OH excluding ortho intramolecular Hbond substituents is 1. The van der Waals surface area contributed by atoms with E-state index in [4.69, 9.17) is 4.74 Å². The van der Waals surface area contributed by atoms with Crippen molar-refractivity contribution in [2.24, 2.45) is 0 Å². The Morgan fingerprint density at radius 2 is 1.97 bits per heavy atom. The Kier molecular flexibility index (Phi) is 5.73. The minimum Gasteiger partial charge on any atom is -0.504 e. The van der Waals surface area contributed by atoms with Gasteiger partial charge in [0.1, 0.15) is 0 Å². The standard InChI is InChI=1S/C23H28N4O4/c1-14-10-17(23(30)24-3)4-5-19(14)27-8-6-26(7-9-27)13-16-11-18-21(20(28)12-16)31-15(2)22(29)25-18/h4-5,10-12,15,28H,6-9,13H2,1-3H3,(H,24,30)(H,25,29). The first-order valence-electron chi connectivity index (χ1n) is 10.5. The van der Waals surface area contributed by atoms with Crippen LogP contribution in [0.25, 0.3) is 0 Å². The Balaban J connectivity index is 1.40. The first-order valence-corrected chi connectivity index (χ1v) is 10.5. The number of anilines is 2. The molecule has 1 atom stereocenters. The van der Waals surface area contributed by atoms with E-state index in [2.05, 4.69) is 20.4 Å². The molecule has 1 unspecified atom stereocenters. The molecule has 1 fully saturated rings. The fourth-order valence-corrected chi connectivity index (χ4v) is 4.15. The van der Waals surface area contributed by atoms with E-state index in [1.54, 1.807) is 20.0 Å². The normalized spacial score (nSPS) is 18.7. The second-order valence-electron chi connectivity index (χ2n) is 8.08. The second-order valence-corrected chi connectivity index (χ2v) is 8.08. The number of aryl methyl sites for hydroxylation is 1. The summed E-state index contributed by atoms with van der Waals surface area (Å²) in [6, 6.07) is 9.37. The molecular formula is C23H28N4O4. The molecule has 8 nitrogen and oxygen atoms in total. The Hall–Kier alpha value is -3.26. The summed E-state index contributed by atoms with van der Waals surface area (Å²) in [5.74, 6) is 0.0838. The molecule has 8 heteroatoms. The maximum Gasteiger partial charge on any atom is 0.265 e. The van der Waals surface area contributed by atoms with Crippen molar-refractivity contribution in [2.45, 2.75) is 26.5 Å². The van der Waals surface area contributed by atoms with Gasteiger partial charge in [-0.25, -0.2) is 0 Å². The van der Waals surface area contributed by atoms with Gasteiger partial charge in [0, 0.05) is 51.0 Å². The predicted octanol–water partition coefficient (Wildman–Crippen LogP) is 2.10. The van der Waals surface area contributed by atoms with Crippen LogP contribution in [0, 0.1) is 6.92 Å². The van der Waals surface area contributed by atoms with Crippen LogP contribution in [0.4, 0.5) is 11.4 Å². The molecule has 2 aliphatic rings. The van der Waals surface area contributed by atoms with Crippen LogP contribution in [-0.2, 0) is 11.3 Å². The quantitative estimate of drug-likeness (QED) is 0.696. The lowest BCUT2D eigenvalue weighted by Crippen LogP contribution is -2.46. The van der Waals surface area contributed by atoms with Gasteiger partial charge in [0.15, 0.2) is 17.6 Å². The highest BCUT2D eigenvalue weighted by molar-refractivity contribution is 5.98. The number of carbonyl (C=O) groups excluding carboxylic acids is 2. The maximum absolute atomic E-state index is 11.9. The van der Waals surface area contributed by atoms with Gasteiger partial charge in [0.25, 0.3) is 11.8 Å². The van der Waals surface area contributed by atoms with Crippen molar-refractivity contribution in [1.82, 2.24) is 10.2 Å². The van der Waals surface area contributed by atoms with Gasteiger partial charge in [-0.15, -0.1) is 0 Å². The van der Waals surface area contributed by atoms with Crippen molar-refractivity contribution in [3.8, 4) is 11.5 Å². The number of carbonyl (C=O) groups is 2. The average Bonchev–Trinajstić information content (AvgIpc) is 2.75. The molecule has 4 rings (SSSR count). The molecule has 0 spiro atoms. The molecule has 3 N–H and O–H groups in total. The van der Waals surface area contributed by atoms with Gasteiger partial charge in [-0.05, 0) is 55.3 Å². The topological polar surface area (TPSA) is 94.1 Å². The van der Waals surface area contributed by atoms with Crippen LogP contribution in [-0.4, -0.2) is 61.2 Å². The number of ether oxygens (including phenoxy) is 1. The molecule has 0 aromatic heterocycles. The number of aromatic hydroxyl groups is 1. The monoisotopic (exact) mass is 424 g/mol. The lowest BCUT2D eigenvalue weighted by Gasteiger charge is -2.37. The second kappa shape index (κ2) is 8.47. The highest BCUT2D eigenvalue weighted by Crippen LogP contribution is 2.39. The van der Waals surface area contributed by atoms with E-state index in [1.165, 1.54) is 0 Å². The molecule has 0 bridgehead atoms. The van der Waals surface area contributed by atoms with Crippen LogP contribution < -0.4 is 20.3 Å². The van der Waals surface area contributed by atoms with Gasteiger partial charge in [-0.3, -0.25) is 14.5 Å². The molecule has 2 amide bonds. The van der Waals surface area contributed by atoms with Crippen LogP contribution in [0.2, 0.25) is 0 Å². The molecule has 31 heavy (non-hydrogen) atoms. The first-order chi connectivity index (χ1) is 14.9. The SMILES string of the molecule is CNC(=O)c1ccc(N2CCN(Cc3cc(O)c4c(c3)NC(=O)C(C)O4)CC2)c(C)c1.